The molecule has 0 aliphatic heterocycles. The van der Waals surface area contributed by atoms with E-state index < -0.39 is 0 Å². The van der Waals surface area contributed by atoms with Gasteiger partial charge in [-0.15, -0.1) is 0 Å². The summed E-state index contributed by atoms with van der Waals surface area (Å²) in [7, 11) is 1.55. The number of hydrogen-bond acceptors (Lipinski definition) is 6. The van der Waals surface area contributed by atoms with Crippen LogP contribution in [0.2, 0.25) is 0 Å². The number of oxime groups is 1. The van der Waals surface area contributed by atoms with Crippen LogP contribution in [0.4, 0.5) is 5.88 Å². The molecule has 0 atom stereocenters. The van der Waals surface area contributed by atoms with Gasteiger partial charge in [0.1, 0.15) is 16.9 Å². The lowest BCUT2D eigenvalue weighted by Crippen LogP contribution is -2.26. The Bertz CT molecular complexity index is 717. The van der Waals surface area contributed by atoms with Crippen LogP contribution in [-0.2, 0) is 0 Å². The second-order valence-corrected chi connectivity index (χ2v) is 4.43. The monoisotopic (exact) mass is 290 g/mol. The fourth-order valence-corrected chi connectivity index (χ4v) is 2.22. The standard InChI is InChI=1S/C15H18N2O4/c1-4-17(5-2)15-12(9-16-19)14(18)11-7-6-10(20-3)8-13(11)21-15/h6-9,19H,4-5H2,1-3H3/b16-9-. The molecule has 1 aromatic carbocycles. The van der Waals surface area contributed by atoms with E-state index in [2.05, 4.69) is 5.16 Å². The van der Waals surface area contributed by atoms with Crippen molar-refractivity contribution in [1.29, 1.82) is 0 Å². The number of methoxy groups -OCH3 is 1. The topological polar surface area (TPSA) is 75.3 Å². The summed E-state index contributed by atoms with van der Waals surface area (Å²) in [6.07, 6.45) is 1.11. The Balaban J connectivity index is 2.80. The van der Waals surface area contributed by atoms with Crippen LogP contribution in [0, 0.1) is 0 Å². The maximum absolute atomic E-state index is 12.5. The van der Waals surface area contributed by atoms with Gasteiger partial charge >= 0.3 is 0 Å². The third-order valence-corrected chi connectivity index (χ3v) is 3.35. The Labute approximate surface area is 122 Å². The Morgan fingerprint density at radius 2 is 2.10 bits per heavy atom. The summed E-state index contributed by atoms with van der Waals surface area (Å²) in [5.41, 5.74) is 0.439. The van der Waals surface area contributed by atoms with E-state index in [9.17, 15) is 4.79 Å². The van der Waals surface area contributed by atoms with Crippen molar-refractivity contribution in [2.24, 2.45) is 5.16 Å². The molecule has 0 spiro atoms. The van der Waals surface area contributed by atoms with E-state index in [1.54, 1.807) is 25.3 Å². The maximum atomic E-state index is 12.5. The molecule has 21 heavy (non-hydrogen) atoms. The number of ether oxygens (including phenoxy) is 1. The first-order valence-electron chi connectivity index (χ1n) is 6.73. The lowest BCUT2D eigenvalue weighted by molar-refractivity contribution is 0.321. The Morgan fingerprint density at radius 3 is 2.67 bits per heavy atom. The SMILES string of the molecule is CCN(CC)c1oc2cc(OC)ccc2c(=O)c1/C=N\O. The predicted molar refractivity (Wildman–Crippen MR) is 82.0 cm³/mol. The Morgan fingerprint density at radius 1 is 1.38 bits per heavy atom. The van der Waals surface area contributed by atoms with E-state index in [0.29, 0.717) is 35.7 Å². The molecule has 0 saturated heterocycles. The Hall–Kier alpha value is -2.50. The molecule has 6 heteroatoms. The average Bonchev–Trinajstić information content (AvgIpc) is 2.51. The number of benzene rings is 1. The molecule has 1 N–H and O–H groups in total. The fraction of sp³-hybridized carbons (Fsp3) is 0.333. The van der Waals surface area contributed by atoms with Crippen LogP contribution in [0.3, 0.4) is 0 Å². The highest BCUT2D eigenvalue weighted by molar-refractivity contribution is 5.92. The van der Waals surface area contributed by atoms with Gasteiger partial charge in [-0.2, -0.15) is 0 Å². The number of fused-ring (bicyclic) bond motifs is 1. The van der Waals surface area contributed by atoms with Gasteiger partial charge in [-0.3, -0.25) is 4.79 Å². The van der Waals surface area contributed by atoms with E-state index in [1.807, 2.05) is 18.7 Å². The summed E-state index contributed by atoms with van der Waals surface area (Å²) >= 11 is 0. The number of hydrogen-bond donors (Lipinski definition) is 1. The van der Waals surface area contributed by atoms with Gasteiger partial charge in [0.2, 0.25) is 11.3 Å². The van der Waals surface area contributed by atoms with Crippen LogP contribution in [0.25, 0.3) is 11.0 Å². The number of anilines is 1. The van der Waals surface area contributed by atoms with Gasteiger partial charge in [0.15, 0.2) is 0 Å². The molecule has 0 saturated carbocycles. The van der Waals surface area contributed by atoms with Crippen molar-refractivity contribution in [2.75, 3.05) is 25.1 Å². The minimum Gasteiger partial charge on any atom is -0.497 e. The van der Waals surface area contributed by atoms with E-state index in [1.165, 1.54) is 0 Å². The highest BCUT2D eigenvalue weighted by atomic mass is 16.5. The molecule has 2 rings (SSSR count). The number of rotatable bonds is 5. The fourth-order valence-electron chi connectivity index (χ4n) is 2.22. The molecule has 0 aliphatic rings. The van der Waals surface area contributed by atoms with Crippen LogP contribution >= 0.6 is 0 Å². The zero-order chi connectivity index (χ0) is 15.4. The van der Waals surface area contributed by atoms with Crippen molar-refractivity contribution in [3.05, 3.63) is 34.0 Å². The van der Waals surface area contributed by atoms with E-state index in [0.717, 1.165) is 6.21 Å². The van der Waals surface area contributed by atoms with Gasteiger partial charge in [0.25, 0.3) is 0 Å². The van der Waals surface area contributed by atoms with Crippen molar-refractivity contribution < 1.29 is 14.4 Å². The largest absolute Gasteiger partial charge is 0.497 e. The Kier molecular flexibility index (Phi) is 4.47. The van der Waals surface area contributed by atoms with Gasteiger partial charge in [-0.1, -0.05) is 5.16 Å². The van der Waals surface area contributed by atoms with Crippen molar-refractivity contribution in [3.63, 3.8) is 0 Å². The first-order valence-corrected chi connectivity index (χ1v) is 6.73. The summed E-state index contributed by atoms with van der Waals surface area (Å²) < 4.78 is 11.0. The van der Waals surface area contributed by atoms with E-state index in [-0.39, 0.29) is 11.0 Å². The third-order valence-electron chi connectivity index (χ3n) is 3.35. The van der Waals surface area contributed by atoms with Crippen LogP contribution < -0.4 is 15.1 Å². The molecule has 0 aliphatic carbocycles. The molecular formula is C15H18N2O4. The summed E-state index contributed by atoms with van der Waals surface area (Å²) in [6, 6.07) is 5.00. The second-order valence-electron chi connectivity index (χ2n) is 4.43. The molecule has 0 fully saturated rings. The van der Waals surface area contributed by atoms with Gasteiger partial charge in [-0.05, 0) is 26.0 Å². The van der Waals surface area contributed by atoms with Gasteiger partial charge < -0.3 is 19.3 Å². The molecular weight excluding hydrogens is 272 g/mol. The smallest absolute Gasteiger partial charge is 0.209 e. The summed E-state index contributed by atoms with van der Waals surface area (Å²) in [6.45, 7) is 5.25. The zero-order valence-corrected chi connectivity index (χ0v) is 12.3. The van der Waals surface area contributed by atoms with Gasteiger partial charge in [0.05, 0.1) is 18.7 Å². The average molecular weight is 290 g/mol. The molecule has 0 bridgehead atoms. The van der Waals surface area contributed by atoms with Crippen LogP contribution in [0.15, 0.2) is 32.6 Å². The quantitative estimate of drug-likeness (QED) is 0.520. The van der Waals surface area contributed by atoms with Gasteiger partial charge in [-0.25, -0.2) is 0 Å². The van der Waals surface area contributed by atoms with Gasteiger partial charge in [0, 0.05) is 19.2 Å². The third kappa shape index (κ3) is 2.69. The summed E-state index contributed by atoms with van der Waals surface area (Å²) in [5, 5.41) is 12.2. The van der Waals surface area contributed by atoms with Crippen LogP contribution in [-0.4, -0.2) is 31.6 Å². The van der Waals surface area contributed by atoms with E-state index >= 15 is 0 Å². The lowest BCUT2D eigenvalue weighted by atomic mass is 10.1. The maximum Gasteiger partial charge on any atom is 0.209 e. The van der Waals surface area contributed by atoms with Crippen molar-refractivity contribution >= 4 is 23.1 Å². The highest BCUT2D eigenvalue weighted by Crippen LogP contribution is 2.25. The molecule has 0 amide bonds. The van der Waals surface area contributed by atoms with E-state index in [4.69, 9.17) is 14.4 Å². The first-order chi connectivity index (χ1) is 10.2. The van der Waals surface area contributed by atoms with Crippen molar-refractivity contribution in [2.45, 2.75) is 13.8 Å². The minimum atomic E-state index is -0.237. The van der Waals surface area contributed by atoms with Crippen LogP contribution in [0.5, 0.6) is 5.75 Å². The summed E-state index contributed by atoms with van der Waals surface area (Å²) in [4.78, 5) is 14.4. The predicted octanol–water partition coefficient (Wildman–Crippen LogP) is 2.46. The van der Waals surface area contributed by atoms with Crippen molar-refractivity contribution in [3.8, 4) is 5.75 Å². The number of nitrogens with zero attached hydrogens (tertiary/aromatic N) is 2. The van der Waals surface area contributed by atoms with Crippen molar-refractivity contribution in [1.82, 2.24) is 0 Å². The second kappa shape index (κ2) is 6.30. The molecule has 6 nitrogen and oxygen atoms in total. The normalized spacial score (nSPS) is 11.2. The molecule has 1 aromatic heterocycles. The molecule has 1 heterocycles. The lowest BCUT2D eigenvalue weighted by Gasteiger charge is -2.21. The molecule has 0 unspecified atom stereocenters. The summed E-state index contributed by atoms with van der Waals surface area (Å²) in [5.74, 6) is 1.00. The minimum absolute atomic E-state index is 0.235. The molecule has 112 valence electrons. The zero-order valence-electron chi connectivity index (χ0n) is 12.3. The highest BCUT2D eigenvalue weighted by Gasteiger charge is 2.17. The first kappa shape index (κ1) is 14.9. The molecule has 2 aromatic rings. The molecule has 0 radical (unpaired) electrons. The van der Waals surface area contributed by atoms with Crippen LogP contribution in [0.1, 0.15) is 19.4 Å².